The summed E-state index contributed by atoms with van der Waals surface area (Å²) >= 11 is 6.20. The molecule has 1 aromatic carbocycles. The lowest BCUT2D eigenvalue weighted by atomic mass is 9.87. The van der Waals surface area contributed by atoms with Crippen molar-refractivity contribution in [3.63, 3.8) is 0 Å². The van der Waals surface area contributed by atoms with Crippen LogP contribution < -0.4 is 5.32 Å². The van der Waals surface area contributed by atoms with Gasteiger partial charge in [0.05, 0.1) is 32.6 Å². The number of aryl methyl sites for hydroxylation is 1. The van der Waals surface area contributed by atoms with Gasteiger partial charge >= 0.3 is 19.5 Å². The van der Waals surface area contributed by atoms with E-state index in [9.17, 15) is 18.9 Å². The zero-order valence-corrected chi connectivity index (χ0v) is 21.4. The van der Waals surface area contributed by atoms with Gasteiger partial charge in [-0.25, -0.2) is 9.59 Å². The molecule has 11 heteroatoms. The second-order valence-corrected chi connectivity index (χ2v) is 9.66. The summed E-state index contributed by atoms with van der Waals surface area (Å²) in [5.41, 5.74) is -0.972. The second-order valence-electron chi connectivity index (χ2n) is 7.04. The molecule has 0 fully saturated rings. The van der Waals surface area contributed by atoms with Gasteiger partial charge in [-0.3, -0.25) is 9.36 Å². The van der Waals surface area contributed by atoms with E-state index in [0.29, 0.717) is 16.1 Å². The molecule has 0 aliphatic heterocycles. The third-order valence-electron chi connectivity index (χ3n) is 4.57. The van der Waals surface area contributed by atoms with Crippen LogP contribution in [-0.4, -0.2) is 56.0 Å². The SMILES string of the molecule is CCOC(=O)C(Cc1cc(Cl)ccc1CCP(=O)(OCC)OCC)(NC(C)=O)C(=O)OCC. The van der Waals surface area contributed by atoms with E-state index in [4.69, 9.17) is 30.1 Å². The minimum atomic E-state index is -3.34. The largest absolute Gasteiger partial charge is 0.464 e. The van der Waals surface area contributed by atoms with Gasteiger partial charge in [0, 0.05) is 18.4 Å². The number of carbonyl (C=O) groups excluding carboxylic acids is 3. The molecule has 0 heterocycles. The Morgan fingerprint density at radius 2 is 1.48 bits per heavy atom. The highest BCUT2D eigenvalue weighted by Crippen LogP contribution is 2.48. The summed E-state index contributed by atoms with van der Waals surface area (Å²) in [6.45, 7) is 8.25. The number of amides is 1. The van der Waals surface area contributed by atoms with Crippen LogP contribution in [0.5, 0.6) is 0 Å². The molecule has 1 aromatic rings. The van der Waals surface area contributed by atoms with Crippen LogP contribution in [0.25, 0.3) is 0 Å². The fourth-order valence-corrected chi connectivity index (χ4v) is 5.12. The molecular weight excluding hydrogens is 473 g/mol. The van der Waals surface area contributed by atoms with Gasteiger partial charge in [0.2, 0.25) is 11.4 Å². The van der Waals surface area contributed by atoms with Gasteiger partial charge in [-0.2, -0.15) is 0 Å². The minimum Gasteiger partial charge on any atom is -0.464 e. The maximum absolute atomic E-state index is 12.9. The molecule has 0 aliphatic rings. The summed E-state index contributed by atoms with van der Waals surface area (Å²) in [5.74, 6) is -2.50. The molecule has 0 aromatic heterocycles. The molecule has 9 nitrogen and oxygen atoms in total. The Hall–Kier alpha value is -1.93. The van der Waals surface area contributed by atoms with Crippen molar-refractivity contribution in [3.8, 4) is 0 Å². The van der Waals surface area contributed by atoms with Crippen molar-refractivity contribution in [2.24, 2.45) is 0 Å². The van der Waals surface area contributed by atoms with Gasteiger partial charge in [-0.1, -0.05) is 17.7 Å². The molecule has 0 aliphatic carbocycles. The van der Waals surface area contributed by atoms with Crippen LogP contribution in [-0.2, 0) is 50.3 Å². The third-order valence-corrected chi connectivity index (χ3v) is 6.88. The maximum Gasteiger partial charge on any atom is 0.344 e. The van der Waals surface area contributed by atoms with Gasteiger partial charge in [0.15, 0.2) is 0 Å². The minimum absolute atomic E-state index is 0.00608. The summed E-state index contributed by atoms with van der Waals surface area (Å²) in [4.78, 5) is 37.9. The van der Waals surface area contributed by atoms with Crippen molar-refractivity contribution in [2.75, 3.05) is 32.6 Å². The first kappa shape index (κ1) is 29.1. The molecule has 0 atom stereocenters. The average molecular weight is 506 g/mol. The molecule has 0 radical (unpaired) electrons. The van der Waals surface area contributed by atoms with Crippen LogP contribution in [0.15, 0.2) is 18.2 Å². The number of esters is 2. The van der Waals surface area contributed by atoms with E-state index < -0.39 is 31.0 Å². The summed E-state index contributed by atoms with van der Waals surface area (Å²) in [6.07, 6.45) is 0.0640. The van der Waals surface area contributed by atoms with Crippen molar-refractivity contribution in [2.45, 2.75) is 53.0 Å². The Kier molecular flexibility index (Phi) is 12.1. The number of benzene rings is 1. The predicted octanol–water partition coefficient (Wildman–Crippen LogP) is 3.69. The quantitative estimate of drug-likeness (QED) is 0.231. The zero-order valence-electron chi connectivity index (χ0n) is 19.8. The molecule has 1 rings (SSSR count). The van der Waals surface area contributed by atoms with Gasteiger partial charge in [0.1, 0.15) is 0 Å². The van der Waals surface area contributed by atoms with E-state index in [2.05, 4.69) is 5.32 Å². The van der Waals surface area contributed by atoms with Crippen molar-refractivity contribution < 1.29 is 37.5 Å². The lowest BCUT2D eigenvalue weighted by molar-refractivity contribution is -0.168. The zero-order chi connectivity index (χ0) is 25.1. The third kappa shape index (κ3) is 8.41. The molecule has 1 amide bonds. The number of halogens is 1. The predicted molar refractivity (Wildman–Crippen MR) is 124 cm³/mol. The van der Waals surface area contributed by atoms with Crippen LogP contribution in [0.3, 0.4) is 0 Å². The lowest BCUT2D eigenvalue weighted by Crippen LogP contribution is -2.62. The number of nitrogens with one attached hydrogen (secondary N) is 1. The summed E-state index contributed by atoms with van der Waals surface area (Å²) in [7, 11) is -3.34. The van der Waals surface area contributed by atoms with E-state index in [1.807, 2.05) is 0 Å². The first-order chi connectivity index (χ1) is 15.6. The van der Waals surface area contributed by atoms with E-state index >= 15 is 0 Å². The smallest absolute Gasteiger partial charge is 0.344 e. The van der Waals surface area contributed by atoms with Crippen LogP contribution in [0.4, 0.5) is 0 Å². The Labute approximate surface area is 200 Å². The molecule has 1 N–H and O–H groups in total. The monoisotopic (exact) mass is 505 g/mol. The number of hydrogen-bond acceptors (Lipinski definition) is 8. The lowest BCUT2D eigenvalue weighted by Gasteiger charge is -2.30. The number of carbonyl (C=O) groups is 3. The summed E-state index contributed by atoms with van der Waals surface area (Å²) in [5, 5.41) is 2.79. The fourth-order valence-electron chi connectivity index (χ4n) is 3.29. The van der Waals surface area contributed by atoms with Gasteiger partial charge in [0.25, 0.3) is 0 Å². The van der Waals surface area contributed by atoms with E-state index in [0.717, 1.165) is 0 Å². The summed E-state index contributed by atoms with van der Waals surface area (Å²) in [6, 6.07) is 4.93. The molecule has 186 valence electrons. The van der Waals surface area contributed by atoms with E-state index in [1.54, 1.807) is 45.9 Å². The Bertz CT molecular complexity index is 848. The normalized spacial score (nSPS) is 11.7. The van der Waals surface area contributed by atoms with Gasteiger partial charge < -0.3 is 23.8 Å². The number of hydrogen-bond donors (Lipinski definition) is 1. The Balaban J connectivity index is 3.46. The molecule has 0 saturated carbocycles. The van der Waals surface area contributed by atoms with Crippen LogP contribution >= 0.6 is 19.2 Å². The number of ether oxygens (including phenoxy) is 2. The molecule has 0 unspecified atom stereocenters. The van der Waals surface area contributed by atoms with Crippen LogP contribution in [0.2, 0.25) is 5.02 Å². The fraction of sp³-hybridized carbons (Fsp3) is 0.591. The first-order valence-corrected chi connectivity index (χ1v) is 13.0. The standard InChI is InChI=1S/C22H33ClNO8P/c1-6-29-20(26)22(24-16(5)25,21(27)30-7-2)15-18-14-19(23)11-10-17(18)12-13-33(28,31-8-3)32-9-4/h10-11,14H,6-9,12-13,15H2,1-5H3,(H,24,25). The van der Waals surface area contributed by atoms with Crippen molar-refractivity contribution >= 4 is 37.0 Å². The first-order valence-electron chi connectivity index (χ1n) is 10.9. The molecular formula is C22H33ClNO8P. The molecule has 0 spiro atoms. The van der Waals surface area contributed by atoms with Crippen LogP contribution in [0, 0.1) is 0 Å². The highest BCUT2D eigenvalue weighted by atomic mass is 35.5. The number of rotatable bonds is 14. The highest BCUT2D eigenvalue weighted by molar-refractivity contribution is 7.53. The maximum atomic E-state index is 12.9. The highest BCUT2D eigenvalue weighted by Gasteiger charge is 2.50. The topological polar surface area (TPSA) is 117 Å². The molecule has 33 heavy (non-hydrogen) atoms. The molecule has 0 bridgehead atoms. The summed E-state index contributed by atoms with van der Waals surface area (Å²) < 4.78 is 33.9. The second kappa shape index (κ2) is 13.7. The van der Waals surface area contributed by atoms with Gasteiger partial charge in [-0.15, -0.1) is 0 Å². The van der Waals surface area contributed by atoms with Crippen LogP contribution in [0.1, 0.15) is 45.7 Å². The average Bonchev–Trinajstić information content (AvgIpc) is 2.73. The Morgan fingerprint density at radius 3 is 1.94 bits per heavy atom. The Morgan fingerprint density at radius 1 is 0.939 bits per heavy atom. The van der Waals surface area contributed by atoms with E-state index in [-0.39, 0.29) is 45.4 Å². The van der Waals surface area contributed by atoms with Crippen molar-refractivity contribution in [3.05, 3.63) is 34.3 Å². The van der Waals surface area contributed by atoms with E-state index in [1.165, 1.54) is 6.92 Å². The molecule has 0 saturated heterocycles. The van der Waals surface area contributed by atoms with Crippen molar-refractivity contribution in [1.29, 1.82) is 0 Å². The van der Waals surface area contributed by atoms with Gasteiger partial charge in [-0.05, 0) is 57.4 Å². The van der Waals surface area contributed by atoms with Crippen molar-refractivity contribution in [1.82, 2.24) is 5.32 Å².